The Labute approximate surface area is 227 Å². The van der Waals surface area contributed by atoms with Crippen molar-refractivity contribution in [2.45, 2.75) is 9.71 Å². The van der Waals surface area contributed by atoms with Crippen LogP contribution in [0.15, 0.2) is 54.6 Å². The molecule has 188 valence electrons. The van der Waals surface area contributed by atoms with Crippen LogP contribution in [-0.4, -0.2) is 13.6 Å². The first-order chi connectivity index (χ1) is 16.8. The highest BCUT2D eigenvalue weighted by atomic mass is 35.6. The molecule has 0 bridgehead atoms. The molecule has 1 aliphatic rings. The molecular formula is C20H10Cl5N2O8P. The molecule has 1 heterocycles. The average molecular weight is 615 g/mol. The van der Waals surface area contributed by atoms with Gasteiger partial charge in [0.25, 0.3) is 0 Å². The number of phosphoric ester groups is 1. The van der Waals surface area contributed by atoms with E-state index in [-0.39, 0.29) is 26.9 Å². The van der Waals surface area contributed by atoms with E-state index >= 15 is 0 Å². The van der Waals surface area contributed by atoms with E-state index in [1.54, 1.807) is 6.07 Å². The SMILES string of the molecule is O=[N+]([O-])c1cc(Cl)cc2c1OP(=O)(Oc1ccccc1)Oc1c(cc(Cl)cc1[N+](=O)[O-])C2C(Cl)(Cl)Cl. The van der Waals surface area contributed by atoms with Gasteiger partial charge in [-0.05, 0) is 24.3 Å². The molecule has 4 rings (SSSR count). The van der Waals surface area contributed by atoms with Crippen LogP contribution in [0.25, 0.3) is 0 Å². The van der Waals surface area contributed by atoms with Crippen LogP contribution in [0.3, 0.4) is 0 Å². The fourth-order valence-corrected chi connectivity index (χ4v) is 5.99. The molecule has 10 nitrogen and oxygen atoms in total. The van der Waals surface area contributed by atoms with Crippen molar-refractivity contribution >= 4 is 77.2 Å². The maximum absolute atomic E-state index is 13.9. The van der Waals surface area contributed by atoms with Gasteiger partial charge in [-0.3, -0.25) is 20.2 Å². The Bertz CT molecular complexity index is 1360. The Kier molecular flexibility index (Phi) is 7.22. The van der Waals surface area contributed by atoms with Crippen molar-refractivity contribution in [2.75, 3.05) is 0 Å². The zero-order valence-electron chi connectivity index (χ0n) is 17.3. The molecular weight excluding hydrogens is 604 g/mol. The zero-order valence-corrected chi connectivity index (χ0v) is 21.9. The second-order valence-electron chi connectivity index (χ2n) is 7.21. The second kappa shape index (κ2) is 9.78. The van der Waals surface area contributed by atoms with Crippen molar-refractivity contribution in [1.29, 1.82) is 0 Å². The van der Waals surface area contributed by atoms with Gasteiger partial charge in [0.05, 0.1) is 15.8 Å². The predicted molar refractivity (Wildman–Crippen MR) is 134 cm³/mol. The van der Waals surface area contributed by atoms with Gasteiger partial charge in [0.2, 0.25) is 15.3 Å². The van der Waals surface area contributed by atoms with Crippen LogP contribution in [0.1, 0.15) is 17.0 Å². The van der Waals surface area contributed by atoms with Crippen LogP contribution < -0.4 is 13.6 Å². The van der Waals surface area contributed by atoms with Gasteiger partial charge in [0.15, 0.2) is 0 Å². The summed E-state index contributed by atoms with van der Waals surface area (Å²) in [6, 6.07) is 11.7. The first-order valence-electron chi connectivity index (χ1n) is 9.55. The number of benzene rings is 3. The molecule has 3 aromatic rings. The Morgan fingerprint density at radius 3 is 1.67 bits per heavy atom. The van der Waals surface area contributed by atoms with Crippen LogP contribution in [0.2, 0.25) is 10.0 Å². The van der Waals surface area contributed by atoms with Crippen molar-refractivity contribution in [3.8, 4) is 17.2 Å². The number of hydrogen-bond acceptors (Lipinski definition) is 8. The van der Waals surface area contributed by atoms with E-state index in [1.165, 1.54) is 36.4 Å². The second-order valence-corrected chi connectivity index (χ2v) is 11.9. The van der Waals surface area contributed by atoms with Gasteiger partial charge in [-0.25, -0.2) is 0 Å². The number of phosphoric acid groups is 1. The summed E-state index contributed by atoms with van der Waals surface area (Å²) in [5, 5.41) is 23.4. The van der Waals surface area contributed by atoms with Crippen molar-refractivity contribution < 1.29 is 28.0 Å². The number of para-hydroxylation sites is 1. The van der Waals surface area contributed by atoms with E-state index in [1.807, 2.05) is 0 Å². The minimum atomic E-state index is -4.94. The molecule has 16 heteroatoms. The lowest BCUT2D eigenvalue weighted by atomic mass is 9.90. The number of halogens is 5. The van der Waals surface area contributed by atoms with Crippen molar-refractivity contribution in [3.63, 3.8) is 0 Å². The van der Waals surface area contributed by atoms with Crippen molar-refractivity contribution in [1.82, 2.24) is 0 Å². The maximum Gasteiger partial charge on any atom is 0.647 e. The molecule has 0 unspecified atom stereocenters. The molecule has 36 heavy (non-hydrogen) atoms. The molecule has 0 spiro atoms. The van der Waals surface area contributed by atoms with E-state index in [0.717, 1.165) is 12.1 Å². The summed E-state index contributed by atoms with van der Waals surface area (Å²) >= 11 is 31.0. The Morgan fingerprint density at radius 2 is 1.28 bits per heavy atom. The molecule has 0 atom stereocenters. The highest BCUT2D eigenvalue weighted by Gasteiger charge is 2.49. The quantitative estimate of drug-likeness (QED) is 0.124. The third-order valence-electron chi connectivity index (χ3n) is 4.83. The molecule has 3 aromatic carbocycles. The first kappa shape index (κ1) is 26.6. The normalized spacial score (nSPS) is 19.0. The summed E-state index contributed by atoms with van der Waals surface area (Å²) < 4.78 is 28.0. The standard InChI is InChI=1S/C20H10Cl5N2O8P/c21-10-6-13-17(20(23,24)25)14-7-11(22)9-16(27(30)31)19(14)35-36(32,33-12-4-2-1-3-5-12)34-18(13)15(8-10)26(28)29/h1-9,17H. The van der Waals surface area contributed by atoms with Crippen LogP contribution in [0, 0.1) is 20.2 Å². The largest absolute Gasteiger partial charge is 0.647 e. The summed E-state index contributed by atoms with van der Waals surface area (Å²) in [7, 11) is -4.94. The topological polar surface area (TPSA) is 131 Å². The minimum Gasteiger partial charge on any atom is -0.386 e. The van der Waals surface area contributed by atoms with E-state index in [4.69, 9.17) is 71.6 Å². The molecule has 0 N–H and O–H groups in total. The van der Waals surface area contributed by atoms with Crippen LogP contribution >= 0.6 is 65.8 Å². The highest BCUT2D eigenvalue weighted by molar-refractivity contribution is 7.49. The van der Waals surface area contributed by atoms with Gasteiger partial charge in [-0.15, -0.1) is 0 Å². The van der Waals surface area contributed by atoms with Gasteiger partial charge in [0.1, 0.15) is 5.75 Å². The number of nitrogens with zero attached hydrogens (tertiary/aromatic N) is 2. The van der Waals surface area contributed by atoms with Gasteiger partial charge >= 0.3 is 19.2 Å². The number of rotatable bonds is 4. The summed E-state index contributed by atoms with van der Waals surface area (Å²) in [4.78, 5) is 22.0. The fraction of sp³-hybridized carbons (Fsp3) is 0.100. The highest BCUT2D eigenvalue weighted by Crippen LogP contribution is 2.62. The van der Waals surface area contributed by atoms with Gasteiger partial charge in [-0.1, -0.05) is 76.2 Å². The molecule has 0 saturated carbocycles. The van der Waals surface area contributed by atoms with Crippen LogP contribution in [0.4, 0.5) is 11.4 Å². The Balaban J connectivity index is 2.12. The van der Waals surface area contributed by atoms with Crippen LogP contribution in [-0.2, 0) is 4.57 Å². The Morgan fingerprint density at radius 1 is 0.833 bits per heavy atom. The fourth-order valence-electron chi connectivity index (χ4n) is 3.51. The lowest BCUT2D eigenvalue weighted by molar-refractivity contribution is -0.385. The number of hydrogen-bond donors (Lipinski definition) is 0. The number of nitro groups is 2. The minimum absolute atomic E-state index is 0.0318. The molecule has 0 aromatic heterocycles. The predicted octanol–water partition coefficient (Wildman–Crippen LogP) is 8.27. The van der Waals surface area contributed by atoms with Crippen molar-refractivity contribution in [2.24, 2.45) is 0 Å². The maximum atomic E-state index is 13.9. The summed E-state index contributed by atoms with van der Waals surface area (Å²) in [6.07, 6.45) is 0. The molecule has 0 fully saturated rings. The average Bonchev–Trinajstić information content (AvgIpc) is 2.75. The number of fused-ring (bicyclic) bond motifs is 2. The molecule has 0 aliphatic carbocycles. The zero-order chi connectivity index (χ0) is 26.4. The third kappa shape index (κ3) is 5.29. The summed E-state index contributed by atoms with van der Waals surface area (Å²) in [5.41, 5.74) is -1.96. The molecule has 0 radical (unpaired) electrons. The monoisotopic (exact) mass is 612 g/mol. The number of alkyl halides is 3. The lowest BCUT2D eigenvalue weighted by Crippen LogP contribution is -2.24. The third-order valence-corrected chi connectivity index (χ3v) is 7.17. The van der Waals surface area contributed by atoms with Crippen LogP contribution in [0.5, 0.6) is 17.2 Å². The lowest BCUT2D eigenvalue weighted by Gasteiger charge is -2.32. The summed E-state index contributed by atoms with van der Waals surface area (Å²) in [5.74, 6) is -2.84. The van der Waals surface area contributed by atoms with E-state index in [2.05, 4.69) is 0 Å². The van der Waals surface area contributed by atoms with Gasteiger partial charge in [-0.2, -0.15) is 4.57 Å². The first-order valence-corrected chi connectivity index (χ1v) is 12.9. The van der Waals surface area contributed by atoms with Crippen molar-refractivity contribution in [3.05, 3.63) is 96.0 Å². The smallest absolute Gasteiger partial charge is 0.386 e. The number of nitro benzene ring substituents is 2. The molecule has 0 amide bonds. The summed E-state index contributed by atoms with van der Waals surface area (Å²) in [6.45, 7) is 0. The Hall–Kier alpha value is -2.46. The molecule has 1 aliphatic heterocycles. The van der Waals surface area contributed by atoms with E-state index < -0.39 is 50.3 Å². The van der Waals surface area contributed by atoms with E-state index in [0.29, 0.717) is 0 Å². The van der Waals surface area contributed by atoms with Gasteiger partial charge < -0.3 is 13.6 Å². The van der Waals surface area contributed by atoms with E-state index in [9.17, 15) is 24.8 Å². The van der Waals surface area contributed by atoms with Gasteiger partial charge in [0, 0.05) is 33.3 Å². The molecule has 0 saturated heterocycles.